The zero-order valence-electron chi connectivity index (χ0n) is 14.4. The van der Waals surface area contributed by atoms with Crippen molar-refractivity contribution in [2.75, 3.05) is 11.1 Å². The quantitative estimate of drug-likeness (QED) is 0.737. The second-order valence-electron chi connectivity index (χ2n) is 6.73. The summed E-state index contributed by atoms with van der Waals surface area (Å²) in [5.41, 5.74) is 9.24. The van der Waals surface area contributed by atoms with Crippen molar-refractivity contribution >= 4 is 51.7 Å². The SMILES string of the molecule is NC1=N[C@@H]2c3cc(NC(=O)c4ncc(Cl)cc4Cl)ccc3CCC[C@@H]2CS1. The second-order valence-corrected chi connectivity index (χ2v) is 8.61. The molecule has 0 radical (unpaired) electrons. The predicted molar refractivity (Wildman–Crippen MR) is 112 cm³/mol. The van der Waals surface area contributed by atoms with Crippen molar-refractivity contribution in [3.8, 4) is 0 Å². The molecule has 0 saturated heterocycles. The zero-order chi connectivity index (χ0) is 19.0. The Hall–Kier alpha value is -1.76. The maximum atomic E-state index is 12.6. The van der Waals surface area contributed by atoms with Crippen molar-refractivity contribution in [2.45, 2.75) is 25.3 Å². The lowest BCUT2D eigenvalue weighted by Crippen LogP contribution is -2.24. The summed E-state index contributed by atoms with van der Waals surface area (Å²) in [5, 5.41) is 4.12. The zero-order valence-corrected chi connectivity index (χ0v) is 16.7. The minimum Gasteiger partial charge on any atom is -0.379 e. The van der Waals surface area contributed by atoms with E-state index in [-0.39, 0.29) is 22.7 Å². The summed E-state index contributed by atoms with van der Waals surface area (Å²) in [6, 6.07) is 7.54. The number of benzene rings is 1. The third kappa shape index (κ3) is 3.93. The van der Waals surface area contributed by atoms with Crippen LogP contribution in [0, 0.1) is 5.92 Å². The highest BCUT2D eigenvalue weighted by Gasteiger charge is 2.31. The number of amidine groups is 1. The van der Waals surface area contributed by atoms with Crippen LogP contribution >= 0.6 is 35.0 Å². The normalized spacial score (nSPS) is 21.5. The number of aliphatic imine (C=N–C) groups is 1. The molecule has 27 heavy (non-hydrogen) atoms. The number of fused-ring (bicyclic) bond motifs is 3. The number of nitrogens with one attached hydrogen (secondary N) is 1. The minimum absolute atomic E-state index is 0.0536. The van der Waals surface area contributed by atoms with E-state index in [1.54, 1.807) is 11.8 Å². The van der Waals surface area contributed by atoms with E-state index in [0.717, 1.165) is 30.6 Å². The van der Waals surface area contributed by atoms with Gasteiger partial charge in [0.2, 0.25) is 0 Å². The molecular weight excluding hydrogens is 403 g/mol. The highest BCUT2D eigenvalue weighted by atomic mass is 35.5. The average molecular weight is 421 g/mol. The molecular formula is C19H18Cl2N4OS. The first-order valence-electron chi connectivity index (χ1n) is 8.72. The third-order valence-corrected chi connectivity index (χ3v) is 6.42. The molecule has 8 heteroatoms. The minimum atomic E-state index is -0.371. The first-order valence-corrected chi connectivity index (χ1v) is 10.5. The molecule has 2 heterocycles. The average Bonchev–Trinajstić information content (AvgIpc) is 2.80. The number of anilines is 1. The number of pyridine rings is 1. The van der Waals surface area contributed by atoms with E-state index >= 15 is 0 Å². The molecule has 0 unspecified atom stereocenters. The summed E-state index contributed by atoms with van der Waals surface area (Å²) in [6.07, 6.45) is 4.69. The molecule has 2 atom stereocenters. The lowest BCUT2D eigenvalue weighted by molar-refractivity contribution is 0.102. The maximum Gasteiger partial charge on any atom is 0.275 e. The van der Waals surface area contributed by atoms with Crippen LogP contribution in [-0.4, -0.2) is 21.8 Å². The number of rotatable bonds is 2. The Balaban J connectivity index is 1.64. The molecule has 0 saturated carbocycles. The number of carbonyl (C=O) groups is 1. The Morgan fingerprint density at radius 1 is 1.30 bits per heavy atom. The van der Waals surface area contributed by atoms with Gasteiger partial charge in [-0.1, -0.05) is 41.0 Å². The smallest absolute Gasteiger partial charge is 0.275 e. The van der Waals surface area contributed by atoms with Crippen LogP contribution in [-0.2, 0) is 6.42 Å². The molecule has 0 bridgehead atoms. The van der Waals surface area contributed by atoms with Gasteiger partial charge in [0.25, 0.3) is 5.91 Å². The van der Waals surface area contributed by atoms with E-state index in [2.05, 4.69) is 16.4 Å². The summed E-state index contributed by atoms with van der Waals surface area (Å²) < 4.78 is 0. The number of carbonyl (C=O) groups excluding carboxylic acids is 1. The Morgan fingerprint density at radius 3 is 2.96 bits per heavy atom. The number of amides is 1. The van der Waals surface area contributed by atoms with Crippen molar-refractivity contribution in [1.29, 1.82) is 0 Å². The number of thioether (sulfide) groups is 1. The Kier molecular flexibility index (Phi) is 5.30. The fourth-order valence-corrected chi connectivity index (χ4v) is 5.02. The molecule has 2 aromatic rings. The van der Waals surface area contributed by atoms with Gasteiger partial charge in [0.15, 0.2) is 5.17 Å². The monoisotopic (exact) mass is 420 g/mol. The van der Waals surface area contributed by atoms with Gasteiger partial charge < -0.3 is 11.1 Å². The van der Waals surface area contributed by atoms with Crippen molar-refractivity contribution in [2.24, 2.45) is 16.6 Å². The topological polar surface area (TPSA) is 80.4 Å². The molecule has 3 N–H and O–H groups in total. The van der Waals surface area contributed by atoms with E-state index in [9.17, 15) is 4.79 Å². The Bertz CT molecular complexity index is 934. The summed E-state index contributed by atoms with van der Waals surface area (Å²) in [4.78, 5) is 21.3. The molecule has 1 aromatic heterocycles. The molecule has 5 nitrogen and oxygen atoms in total. The van der Waals surface area contributed by atoms with Gasteiger partial charge in [-0.25, -0.2) is 4.98 Å². The number of nitrogens with zero attached hydrogens (tertiary/aromatic N) is 2. The number of aromatic nitrogens is 1. The molecule has 1 amide bonds. The van der Waals surface area contributed by atoms with Crippen molar-refractivity contribution in [3.05, 3.63) is 57.3 Å². The van der Waals surface area contributed by atoms with Crippen LogP contribution in [0.4, 0.5) is 5.69 Å². The number of aryl methyl sites for hydroxylation is 1. The fraction of sp³-hybridized carbons (Fsp3) is 0.316. The highest BCUT2D eigenvalue weighted by Crippen LogP contribution is 2.41. The van der Waals surface area contributed by atoms with Gasteiger partial charge in [-0.05, 0) is 54.5 Å². The summed E-state index contributed by atoms with van der Waals surface area (Å²) in [5.74, 6) is 1.09. The van der Waals surface area contributed by atoms with Gasteiger partial charge in [-0.2, -0.15) is 0 Å². The molecule has 1 aromatic carbocycles. The summed E-state index contributed by atoms with van der Waals surface area (Å²) >= 11 is 13.6. The second kappa shape index (κ2) is 7.70. The van der Waals surface area contributed by atoms with E-state index in [0.29, 0.717) is 21.8 Å². The van der Waals surface area contributed by atoms with Crippen LogP contribution in [0.2, 0.25) is 10.0 Å². The van der Waals surface area contributed by atoms with E-state index < -0.39 is 0 Å². The first kappa shape index (κ1) is 18.6. The molecule has 4 rings (SSSR count). The van der Waals surface area contributed by atoms with Crippen molar-refractivity contribution in [3.63, 3.8) is 0 Å². The van der Waals surface area contributed by atoms with Gasteiger partial charge in [0.1, 0.15) is 5.69 Å². The lowest BCUT2D eigenvalue weighted by Gasteiger charge is -2.27. The number of hydrogen-bond acceptors (Lipinski definition) is 5. The molecule has 2 aliphatic rings. The predicted octanol–water partition coefficient (Wildman–Crippen LogP) is 4.70. The van der Waals surface area contributed by atoms with Gasteiger partial charge in [-0.15, -0.1) is 0 Å². The van der Waals surface area contributed by atoms with Gasteiger partial charge in [0.05, 0.1) is 16.1 Å². The van der Waals surface area contributed by atoms with Crippen LogP contribution < -0.4 is 11.1 Å². The van der Waals surface area contributed by atoms with Crippen LogP contribution in [0.25, 0.3) is 0 Å². The van der Waals surface area contributed by atoms with E-state index in [1.807, 2.05) is 12.1 Å². The lowest BCUT2D eigenvalue weighted by atomic mass is 9.92. The molecule has 1 aliphatic heterocycles. The van der Waals surface area contributed by atoms with Gasteiger partial charge in [0, 0.05) is 17.6 Å². The van der Waals surface area contributed by atoms with Crippen LogP contribution in [0.15, 0.2) is 35.5 Å². The van der Waals surface area contributed by atoms with Crippen LogP contribution in [0.1, 0.15) is 40.5 Å². The standard InChI is InChI=1S/C19H18Cl2N4OS/c20-12-6-15(21)17(23-8-12)18(26)24-13-5-4-10-2-1-3-11-9-27-19(22)25-16(11)14(10)7-13/h4-8,11,16H,1-3,9H2,(H2,22,25)(H,24,26)/t11-,16+/m1/s1. The Morgan fingerprint density at radius 2 is 2.15 bits per heavy atom. The summed E-state index contributed by atoms with van der Waals surface area (Å²) in [7, 11) is 0. The van der Waals surface area contributed by atoms with Gasteiger partial charge in [-0.3, -0.25) is 9.79 Å². The highest BCUT2D eigenvalue weighted by molar-refractivity contribution is 8.13. The molecule has 1 aliphatic carbocycles. The van der Waals surface area contributed by atoms with Crippen molar-refractivity contribution < 1.29 is 4.79 Å². The fourth-order valence-electron chi connectivity index (χ4n) is 3.63. The molecule has 0 fully saturated rings. The number of halogens is 2. The van der Waals surface area contributed by atoms with E-state index in [4.69, 9.17) is 33.9 Å². The summed E-state index contributed by atoms with van der Waals surface area (Å²) in [6.45, 7) is 0. The number of hydrogen-bond donors (Lipinski definition) is 2. The van der Waals surface area contributed by atoms with Crippen LogP contribution in [0.3, 0.4) is 0 Å². The van der Waals surface area contributed by atoms with Crippen LogP contribution in [0.5, 0.6) is 0 Å². The molecule has 140 valence electrons. The van der Waals surface area contributed by atoms with E-state index in [1.165, 1.54) is 17.8 Å². The first-order chi connectivity index (χ1) is 13.0. The third-order valence-electron chi connectivity index (χ3n) is 4.92. The maximum absolute atomic E-state index is 12.6. The number of nitrogens with two attached hydrogens (primary N) is 1. The van der Waals surface area contributed by atoms with Crippen molar-refractivity contribution in [1.82, 2.24) is 4.98 Å². The Labute approximate surface area is 171 Å². The van der Waals surface area contributed by atoms with Gasteiger partial charge >= 0.3 is 0 Å². The molecule has 0 spiro atoms. The largest absolute Gasteiger partial charge is 0.379 e.